The minimum Gasteiger partial charge on any atom is -0.508 e. The number of phenolic OH excluding ortho intramolecular Hbond substituents is 1. The van der Waals surface area contributed by atoms with E-state index >= 15 is 0 Å². The molecule has 0 radical (unpaired) electrons. The molecule has 7 nitrogen and oxygen atoms in total. The van der Waals surface area contributed by atoms with Gasteiger partial charge in [-0.1, -0.05) is 12.1 Å². The van der Waals surface area contributed by atoms with Gasteiger partial charge in [0, 0.05) is 11.4 Å². The maximum absolute atomic E-state index is 11.8. The number of amides is 3. The SMILES string of the molecule is Cc1ccc(C(=O)OCC(=O)NC(=O)NCCc2cccs2)cc1O. The summed E-state index contributed by atoms with van der Waals surface area (Å²) in [4.78, 5) is 36.1. The van der Waals surface area contributed by atoms with E-state index in [1.165, 1.54) is 12.1 Å². The molecular formula is C17H18N2O5S. The van der Waals surface area contributed by atoms with Crippen molar-refractivity contribution >= 4 is 29.2 Å². The number of carbonyl (C=O) groups excluding carboxylic acids is 3. The molecule has 132 valence electrons. The third-order valence-corrected chi connectivity index (χ3v) is 4.21. The normalized spacial score (nSPS) is 10.1. The molecule has 0 aliphatic rings. The number of ether oxygens (including phenoxy) is 1. The van der Waals surface area contributed by atoms with Crippen LogP contribution in [0.1, 0.15) is 20.8 Å². The number of rotatable bonds is 6. The molecule has 8 heteroatoms. The first kappa shape index (κ1) is 18.5. The summed E-state index contributed by atoms with van der Waals surface area (Å²) in [6, 6.07) is 7.53. The Morgan fingerprint density at radius 1 is 1.24 bits per heavy atom. The number of hydrogen-bond donors (Lipinski definition) is 3. The number of carbonyl (C=O) groups is 3. The second-order valence-electron chi connectivity index (χ2n) is 5.21. The number of phenols is 1. The van der Waals surface area contributed by atoms with Gasteiger partial charge in [-0.05, 0) is 42.5 Å². The van der Waals surface area contributed by atoms with E-state index in [1.807, 2.05) is 17.5 Å². The van der Waals surface area contributed by atoms with Crippen LogP contribution in [0.25, 0.3) is 0 Å². The lowest BCUT2D eigenvalue weighted by molar-refractivity contribution is -0.123. The Hall–Kier alpha value is -2.87. The van der Waals surface area contributed by atoms with Crippen LogP contribution < -0.4 is 10.6 Å². The molecule has 0 saturated carbocycles. The molecule has 0 saturated heterocycles. The summed E-state index contributed by atoms with van der Waals surface area (Å²) in [6.45, 7) is 1.49. The molecule has 0 aliphatic carbocycles. The number of aryl methyl sites for hydroxylation is 1. The van der Waals surface area contributed by atoms with Crippen LogP contribution in [0.4, 0.5) is 4.79 Å². The largest absolute Gasteiger partial charge is 0.508 e. The maximum Gasteiger partial charge on any atom is 0.338 e. The van der Waals surface area contributed by atoms with Gasteiger partial charge in [-0.25, -0.2) is 9.59 Å². The fourth-order valence-corrected chi connectivity index (χ4v) is 2.62. The molecule has 1 heterocycles. The topological polar surface area (TPSA) is 105 Å². The number of esters is 1. The lowest BCUT2D eigenvalue weighted by atomic mass is 10.1. The van der Waals surface area contributed by atoms with Crippen LogP contribution in [-0.2, 0) is 16.0 Å². The standard InChI is InChI=1S/C17H18N2O5S/c1-11-4-5-12(9-14(11)20)16(22)24-10-15(21)19-17(23)18-7-6-13-3-2-8-25-13/h2-5,8-9,20H,6-7,10H2,1H3,(H2,18,19,21,23). The first-order valence-corrected chi connectivity index (χ1v) is 8.40. The molecular weight excluding hydrogens is 344 g/mol. The van der Waals surface area contributed by atoms with Gasteiger partial charge in [0.05, 0.1) is 5.56 Å². The van der Waals surface area contributed by atoms with E-state index in [0.717, 1.165) is 4.88 Å². The minimum atomic E-state index is -0.761. The van der Waals surface area contributed by atoms with Crippen molar-refractivity contribution in [1.82, 2.24) is 10.6 Å². The van der Waals surface area contributed by atoms with Crippen molar-refractivity contribution in [1.29, 1.82) is 0 Å². The number of hydrogen-bond acceptors (Lipinski definition) is 6. The first-order valence-electron chi connectivity index (χ1n) is 7.52. The molecule has 2 rings (SSSR count). The van der Waals surface area contributed by atoms with Gasteiger partial charge in [0.1, 0.15) is 5.75 Å². The van der Waals surface area contributed by atoms with Crippen LogP contribution in [-0.4, -0.2) is 36.2 Å². The summed E-state index contributed by atoms with van der Waals surface area (Å²) in [7, 11) is 0. The summed E-state index contributed by atoms with van der Waals surface area (Å²) in [5, 5.41) is 16.1. The first-order chi connectivity index (χ1) is 12.0. The second-order valence-corrected chi connectivity index (χ2v) is 6.24. The lowest BCUT2D eigenvalue weighted by Crippen LogP contribution is -2.42. The number of imide groups is 1. The molecule has 0 bridgehead atoms. The van der Waals surface area contributed by atoms with Gasteiger partial charge < -0.3 is 15.2 Å². The molecule has 0 atom stereocenters. The Balaban J connectivity index is 1.69. The number of aromatic hydroxyl groups is 1. The highest BCUT2D eigenvalue weighted by molar-refractivity contribution is 7.09. The fourth-order valence-electron chi connectivity index (χ4n) is 1.91. The minimum absolute atomic E-state index is 0.0379. The van der Waals surface area contributed by atoms with E-state index in [-0.39, 0.29) is 11.3 Å². The van der Waals surface area contributed by atoms with Crippen molar-refractivity contribution in [3.8, 4) is 5.75 Å². The number of thiophene rings is 1. The van der Waals surface area contributed by atoms with Gasteiger partial charge in [-0.15, -0.1) is 11.3 Å². The van der Waals surface area contributed by atoms with Crippen molar-refractivity contribution in [2.24, 2.45) is 0 Å². The monoisotopic (exact) mass is 362 g/mol. The predicted octanol–water partition coefficient (Wildman–Crippen LogP) is 1.99. The van der Waals surface area contributed by atoms with Crippen molar-refractivity contribution in [3.05, 3.63) is 51.7 Å². The Morgan fingerprint density at radius 3 is 2.72 bits per heavy atom. The summed E-state index contributed by atoms with van der Waals surface area (Å²) in [5.41, 5.74) is 0.741. The van der Waals surface area contributed by atoms with E-state index in [2.05, 4.69) is 10.6 Å². The molecule has 1 aromatic heterocycles. The predicted molar refractivity (Wildman–Crippen MR) is 92.7 cm³/mol. The van der Waals surface area contributed by atoms with E-state index in [9.17, 15) is 19.5 Å². The summed E-state index contributed by atoms with van der Waals surface area (Å²) in [6.07, 6.45) is 0.672. The van der Waals surface area contributed by atoms with E-state index in [4.69, 9.17) is 4.74 Å². The van der Waals surface area contributed by atoms with Gasteiger partial charge in [0.15, 0.2) is 6.61 Å². The Morgan fingerprint density at radius 2 is 2.04 bits per heavy atom. The van der Waals surface area contributed by atoms with Gasteiger partial charge in [-0.2, -0.15) is 0 Å². The number of nitrogens with one attached hydrogen (secondary N) is 2. The van der Waals surface area contributed by atoms with Crippen LogP contribution in [0.15, 0.2) is 35.7 Å². The zero-order valence-electron chi connectivity index (χ0n) is 13.6. The lowest BCUT2D eigenvalue weighted by Gasteiger charge is -2.08. The van der Waals surface area contributed by atoms with Crippen LogP contribution >= 0.6 is 11.3 Å². The molecule has 1 aromatic carbocycles. The molecule has 25 heavy (non-hydrogen) atoms. The van der Waals surface area contributed by atoms with Crippen molar-refractivity contribution in [2.75, 3.05) is 13.2 Å². The molecule has 2 aromatic rings. The van der Waals surface area contributed by atoms with Crippen molar-refractivity contribution < 1.29 is 24.2 Å². The third kappa shape index (κ3) is 5.92. The molecule has 0 unspecified atom stereocenters. The highest BCUT2D eigenvalue weighted by atomic mass is 32.1. The highest BCUT2D eigenvalue weighted by Crippen LogP contribution is 2.17. The second kappa shape index (κ2) is 8.84. The molecule has 0 spiro atoms. The van der Waals surface area contributed by atoms with Crippen molar-refractivity contribution in [3.63, 3.8) is 0 Å². The van der Waals surface area contributed by atoms with Gasteiger partial charge in [-0.3, -0.25) is 10.1 Å². The average Bonchev–Trinajstić information content (AvgIpc) is 3.08. The van der Waals surface area contributed by atoms with E-state index in [1.54, 1.807) is 24.3 Å². The number of urea groups is 1. The van der Waals surface area contributed by atoms with E-state index < -0.39 is 24.5 Å². The Labute approximate surface area is 148 Å². The van der Waals surface area contributed by atoms with Crippen LogP contribution in [0.3, 0.4) is 0 Å². The van der Waals surface area contributed by atoms with Crippen LogP contribution in [0.2, 0.25) is 0 Å². The van der Waals surface area contributed by atoms with Gasteiger partial charge in [0.25, 0.3) is 5.91 Å². The molecule has 3 N–H and O–H groups in total. The average molecular weight is 362 g/mol. The smallest absolute Gasteiger partial charge is 0.338 e. The van der Waals surface area contributed by atoms with Crippen LogP contribution in [0.5, 0.6) is 5.75 Å². The summed E-state index contributed by atoms with van der Waals surface area (Å²) >= 11 is 1.59. The number of benzene rings is 1. The summed E-state index contributed by atoms with van der Waals surface area (Å²) in [5.74, 6) is -1.54. The maximum atomic E-state index is 11.8. The summed E-state index contributed by atoms with van der Waals surface area (Å²) < 4.78 is 4.81. The fraction of sp³-hybridized carbons (Fsp3) is 0.235. The van der Waals surface area contributed by atoms with Gasteiger partial charge in [0.2, 0.25) is 0 Å². The Kier molecular flexibility index (Phi) is 6.53. The quantitative estimate of drug-likeness (QED) is 0.682. The third-order valence-electron chi connectivity index (χ3n) is 3.27. The van der Waals surface area contributed by atoms with E-state index in [0.29, 0.717) is 18.5 Å². The highest BCUT2D eigenvalue weighted by Gasteiger charge is 2.13. The zero-order valence-corrected chi connectivity index (χ0v) is 14.4. The zero-order chi connectivity index (χ0) is 18.2. The molecule has 0 aliphatic heterocycles. The molecule has 0 fully saturated rings. The van der Waals surface area contributed by atoms with Gasteiger partial charge >= 0.3 is 12.0 Å². The van der Waals surface area contributed by atoms with Crippen LogP contribution in [0, 0.1) is 6.92 Å². The van der Waals surface area contributed by atoms with Crippen molar-refractivity contribution in [2.45, 2.75) is 13.3 Å². The Bertz CT molecular complexity index is 758. The molecule has 3 amide bonds.